The molecule has 0 fully saturated rings. The Morgan fingerprint density at radius 1 is 0.812 bits per heavy atom. The highest BCUT2D eigenvalue weighted by Crippen LogP contribution is 1.81. The Morgan fingerprint density at radius 3 is 1.12 bits per heavy atom. The Hall–Kier alpha value is -0.120. The standard InChI is InChI=1S/C6H15N.C4H11N.C3H9N/c1-4-7(5-2)6-3;1-3-5-4-2;1-2-3-4/h4-6H2,1-3H3;5H,3-4H2,1-2H3;2-4H2,1H3. The summed E-state index contributed by atoms with van der Waals surface area (Å²) in [6, 6.07) is 0. The summed E-state index contributed by atoms with van der Waals surface area (Å²) in [7, 11) is 0. The van der Waals surface area contributed by atoms with Crippen LogP contribution in [0.3, 0.4) is 0 Å². The molecule has 0 rings (SSSR count). The monoisotopic (exact) mass is 233 g/mol. The molecular formula is C13H35N3. The van der Waals surface area contributed by atoms with Crippen molar-refractivity contribution in [3.8, 4) is 0 Å². The van der Waals surface area contributed by atoms with E-state index in [1.54, 1.807) is 0 Å². The first-order chi connectivity index (χ1) is 7.67. The van der Waals surface area contributed by atoms with Gasteiger partial charge in [0, 0.05) is 0 Å². The first-order valence-corrected chi connectivity index (χ1v) is 6.81. The summed E-state index contributed by atoms with van der Waals surface area (Å²) < 4.78 is 0. The summed E-state index contributed by atoms with van der Waals surface area (Å²) in [5, 5.41) is 3.11. The van der Waals surface area contributed by atoms with Gasteiger partial charge in [0.15, 0.2) is 0 Å². The van der Waals surface area contributed by atoms with Gasteiger partial charge in [0.25, 0.3) is 0 Å². The van der Waals surface area contributed by atoms with E-state index in [4.69, 9.17) is 5.73 Å². The molecule has 0 bridgehead atoms. The van der Waals surface area contributed by atoms with Crippen LogP contribution in [0.1, 0.15) is 48.0 Å². The Bertz CT molecular complexity index is 73.7. The van der Waals surface area contributed by atoms with Crippen molar-refractivity contribution < 1.29 is 0 Å². The molecule has 0 aromatic carbocycles. The molecule has 0 aliphatic carbocycles. The van der Waals surface area contributed by atoms with E-state index in [1.165, 1.54) is 19.6 Å². The van der Waals surface area contributed by atoms with Crippen molar-refractivity contribution >= 4 is 0 Å². The average molecular weight is 233 g/mol. The van der Waals surface area contributed by atoms with Gasteiger partial charge in [-0.1, -0.05) is 41.5 Å². The molecular weight excluding hydrogens is 198 g/mol. The summed E-state index contributed by atoms with van der Waals surface area (Å²) >= 11 is 0. The van der Waals surface area contributed by atoms with Crippen LogP contribution >= 0.6 is 0 Å². The van der Waals surface area contributed by atoms with Crippen LogP contribution in [0, 0.1) is 0 Å². The zero-order chi connectivity index (χ0) is 13.2. The molecule has 0 heterocycles. The van der Waals surface area contributed by atoms with E-state index in [1.807, 2.05) is 0 Å². The predicted molar refractivity (Wildman–Crippen MR) is 77.0 cm³/mol. The van der Waals surface area contributed by atoms with E-state index in [9.17, 15) is 0 Å². The summed E-state index contributed by atoms with van der Waals surface area (Å²) in [6.45, 7) is 19.4. The quantitative estimate of drug-likeness (QED) is 0.740. The van der Waals surface area contributed by atoms with E-state index >= 15 is 0 Å². The third kappa shape index (κ3) is 29.2. The van der Waals surface area contributed by atoms with E-state index in [-0.39, 0.29) is 0 Å². The van der Waals surface area contributed by atoms with Crippen LogP contribution in [-0.2, 0) is 0 Å². The second-order valence-electron chi connectivity index (χ2n) is 3.37. The minimum absolute atomic E-state index is 0.819. The average Bonchev–Trinajstić information content (AvgIpc) is 2.33. The molecule has 0 aliphatic heterocycles. The van der Waals surface area contributed by atoms with Crippen molar-refractivity contribution in [1.29, 1.82) is 0 Å². The van der Waals surface area contributed by atoms with Crippen molar-refractivity contribution in [3.05, 3.63) is 0 Å². The van der Waals surface area contributed by atoms with E-state index in [0.29, 0.717) is 0 Å². The molecule has 3 N–H and O–H groups in total. The van der Waals surface area contributed by atoms with E-state index < -0.39 is 0 Å². The zero-order valence-electron chi connectivity index (χ0n) is 12.5. The lowest BCUT2D eigenvalue weighted by molar-refractivity contribution is 0.321. The van der Waals surface area contributed by atoms with Crippen LogP contribution in [0.5, 0.6) is 0 Å². The minimum atomic E-state index is 0.819. The van der Waals surface area contributed by atoms with Crippen LogP contribution in [0.15, 0.2) is 0 Å². The fourth-order valence-electron chi connectivity index (χ4n) is 0.921. The second kappa shape index (κ2) is 24.2. The van der Waals surface area contributed by atoms with Gasteiger partial charge < -0.3 is 16.0 Å². The Labute approximate surface area is 104 Å². The molecule has 0 amide bonds. The van der Waals surface area contributed by atoms with Crippen molar-refractivity contribution in [1.82, 2.24) is 10.2 Å². The maximum atomic E-state index is 5.03. The smallest absolute Gasteiger partial charge is 0.00474 e. The highest BCUT2D eigenvalue weighted by atomic mass is 15.1. The molecule has 16 heavy (non-hydrogen) atoms. The third-order valence-electron chi connectivity index (χ3n) is 2.13. The van der Waals surface area contributed by atoms with Crippen LogP contribution in [-0.4, -0.2) is 44.2 Å². The van der Waals surface area contributed by atoms with Gasteiger partial charge >= 0.3 is 0 Å². The topological polar surface area (TPSA) is 41.3 Å². The maximum absolute atomic E-state index is 5.03. The van der Waals surface area contributed by atoms with Gasteiger partial charge in [-0.05, 0) is 45.7 Å². The number of nitrogens with one attached hydrogen (secondary N) is 1. The molecule has 0 atom stereocenters. The molecule has 0 aliphatic rings. The lowest BCUT2D eigenvalue weighted by Crippen LogP contribution is -2.21. The summed E-state index contributed by atoms with van der Waals surface area (Å²) in [5.41, 5.74) is 5.03. The van der Waals surface area contributed by atoms with Crippen LogP contribution < -0.4 is 11.1 Å². The molecule has 0 saturated heterocycles. The lowest BCUT2D eigenvalue weighted by atomic mass is 10.5. The normalized spacial score (nSPS) is 9.00. The largest absolute Gasteiger partial charge is 0.330 e. The second-order valence-corrected chi connectivity index (χ2v) is 3.37. The van der Waals surface area contributed by atoms with Crippen LogP contribution in [0.2, 0.25) is 0 Å². The van der Waals surface area contributed by atoms with Crippen molar-refractivity contribution in [2.75, 3.05) is 39.3 Å². The van der Waals surface area contributed by atoms with Gasteiger partial charge in [-0.3, -0.25) is 0 Å². The highest BCUT2D eigenvalue weighted by Gasteiger charge is 1.89. The van der Waals surface area contributed by atoms with Gasteiger partial charge in [0.2, 0.25) is 0 Å². The molecule has 0 saturated carbocycles. The fourth-order valence-corrected chi connectivity index (χ4v) is 0.921. The van der Waals surface area contributed by atoms with Gasteiger partial charge in [-0.15, -0.1) is 0 Å². The van der Waals surface area contributed by atoms with Crippen molar-refractivity contribution in [3.63, 3.8) is 0 Å². The maximum Gasteiger partial charge on any atom is -0.00474 e. The molecule has 3 nitrogen and oxygen atoms in total. The molecule has 0 aromatic heterocycles. The molecule has 0 spiro atoms. The zero-order valence-corrected chi connectivity index (χ0v) is 12.5. The summed E-state index contributed by atoms with van der Waals surface area (Å²) in [5.74, 6) is 0. The summed E-state index contributed by atoms with van der Waals surface area (Å²) in [4.78, 5) is 2.38. The minimum Gasteiger partial charge on any atom is -0.330 e. The van der Waals surface area contributed by atoms with Gasteiger partial charge in [-0.25, -0.2) is 0 Å². The van der Waals surface area contributed by atoms with Crippen LogP contribution in [0.25, 0.3) is 0 Å². The molecule has 0 radical (unpaired) electrons. The number of hydrogen-bond acceptors (Lipinski definition) is 3. The first-order valence-electron chi connectivity index (χ1n) is 6.81. The van der Waals surface area contributed by atoms with Crippen molar-refractivity contribution in [2.24, 2.45) is 5.73 Å². The number of rotatable bonds is 6. The SMILES string of the molecule is CCCN.CCN(CC)CC.CCNCC. The van der Waals surface area contributed by atoms with Crippen molar-refractivity contribution in [2.45, 2.75) is 48.0 Å². The Balaban J connectivity index is -0.000000166. The predicted octanol–water partition coefficient (Wildman–Crippen LogP) is 2.32. The number of nitrogens with two attached hydrogens (primary N) is 1. The highest BCUT2D eigenvalue weighted by molar-refractivity contribution is 4.43. The molecule has 0 aromatic rings. The van der Waals surface area contributed by atoms with Gasteiger partial charge in [0.1, 0.15) is 0 Å². The first kappa shape index (κ1) is 21.2. The Morgan fingerprint density at radius 2 is 1.12 bits per heavy atom. The van der Waals surface area contributed by atoms with Gasteiger partial charge in [-0.2, -0.15) is 0 Å². The molecule has 0 unspecified atom stereocenters. The van der Waals surface area contributed by atoms with E-state index in [0.717, 1.165) is 26.1 Å². The molecule has 102 valence electrons. The lowest BCUT2D eigenvalue weighted by Gasteiger charge is -2.13. The number of nitrogens with zero attached hydrogens (tertiary/aromatic N) is 1. The fraction of sp³-hybridized carbons (Fsp3) is 1.00. The third-order valence-corrected chi connectivity index (χ3v) is 2.13. The van der Waals surface area contributed by atoms with Crippen LogP contribution in [0.4, 0.5) is 0 Å². The molecule has 3 heteroatoms. The van der Waals surface area contributed by atoms with E-state index in [2.05, 4.69) is 51.8 Å². The van der Waals surface area contributed by atoms with Gasteiger partial charge in [0.05, 0.1) is 0 Å². The Kier molecular flexibility index (Phi) is 32.1. The summed E-state index contributed by atoms with van der Waals surface area (Å²) in [6.07, 6.45) is 1.10. The number of hydrogen-bond donors (Lipinski definition) is 2.